The second-order valence-electron chi connectivity index (χ2n) is 3.97. The molecule has 1 aromatic heterocycles. The van der Waals surface area contributed by atoms with Crippen molar-refractivity contribution in [1.82, 2.24) is 4.98 Å². The molecule has 0 saturated heterocycles. The number of aromatic nitrogens is 1. The van der Waals surface area contributed by atoms with Crippen LogP contribution in [0.2, 0.25) is 20.1 Å². The predicted molar refractivity (Wildman–Crippen MR) is 81.1 cm³/mol. The van der Waals surface area contributed by atoms with Gasteiger partial charge in [0.05, 0.1) is 21.5 Å². The Hall–Kier alpha value is -1.000. The zero-order valence-electron chi connectivity index (χ0n) is 9.83. The molecule has 1 heterocycles. The van der Waals surface area contributed by atoms with E-state index in [1.807, 2.05) is 0 Å². The summed E-state index contributed by atoms with van der Waals surface area (Å²) in [4.78, 5) is 14.9. The number of halogens is 4. The van der Waals surface area contributed by atoms with Crippen molar-refractivity contribution in [2.24, 2.45) is 0 Å². The minimum Gasteiger partial charge on any atom is -0.481 e. The maximum Gasteiger partial charge on any atom is 0.307 e. The number of hydrogen-bond acceptors (Lipinski definition) is 2. The molecule has 3 nitrogen and oxygen atoms in total. The Morgan fingerprint density at radius 1 is 1.05 bits per heavy atom. The minimum atomic E-state index is -1.01. The van der Waals surface area contributed by atoms with Gasteiger partial charge in [-0.15, -0.1) is 0 Å². The van der Waals surface area contributed by atoms with Crippen molar-refractivity contribution in [3.63, 3.8) is 0 Å². The molecule has 0 atom stereocenters. The molecule has 0 bridgehead atoms. The SMILES string of the molecule is O=C(O)Cc1c(Cl)cncc1-c1cc(Cl)cc(Cl)c1Cl. The van der Waals surface area contributed by atoms with Gasteiger partial charge in [0.1, 0.15) is 0 Å². The quantitative estimate of drug-likeness (QED) is 0.793. The zero-order chi connectivity index (χ0) is 14.9. The first-order valence-electron chi connectivity index (χ1n) is 5.39. The fourth-order valence-electron chi connectivity index (χ4n) is 1.78. The van der Waals surface area contributed by atoms with Crippen molar-refractivity contribution >= 4 is 52.4 Å². The van der Waals surface area contributed by atoms with Gasteiger partial charge >= 0.3 is 5.97 Å². The average Bonchev–Trinajstić information content (AvgIpc) is 2.36. The maximum atomic E-state index is 11.0. The Kier molecular flexibility index (Phi) is 4.76. The number of carbonyl (C=O) groups is 1. The number of carboxylic acids is 1. The Morgan fingerprint density at radius 3 is 2.40 bits per heavy atom. The highest BCUT2D eigenvalue weighted by molar-refractivity contribution is 6.45. The molecular formula is C13H7Cl4NO2. The van der Waals surface area contributed by atoms with Gasteiger partial charge in [0.25, 0.3) is 0 Å². The first-order chi connectivity index (χ1) is 9.40. The van der Waals surface area contributed by atoms with Gasteiger partial charge in [-0.25, -0.2) is 0 Å². The largest absolute Gasteiger partial charge is 0.481 e. The maximum absolute atomic E-state index is 11.0. The van der Waals surface area contributed by atoms with Gasteiger partial charge in [-0.3, -0.25) is 9.78 Å². The number of rotatable bonds is 3. The van der Waals surface area contributed by atoms with Crippen LogP contribution in [0, 0.1) is 0 Å². The van der Waals surface area contributed by atoms with Crippen LogP contribution in [0.5, 0.6) is 0 Å². The zero-order valence-corrected chi connectivity index (χ0v) is 12.9. The third kappa shape index (κ3) is 3.18. The van der Waals surface area contributed by atoms with Crippen LogP contribution in [0.25, 0.3) is 11.1 Å². The van der Waals surface area contributed by atoms with Gasteiger partial charge in [0.15, 0.2) is 0 Å². The van der Waals surface area contributed by atoms with E-state index in [-0.39, 0.29) is 21.5 Å². The van der Waals surface area contributed by atoms with E-state index in [1.54, 1.807) is 6.07 Å². The summed E-state index contributed by atoms with van der Waals surface area (Å²) in [5.41, 5.74) is 1.40. The lowest BCUT2D eigenvalue weighted by atomic mass is 10.00. The van der Waals surface area contributed by atoms with Gasteiger partial charge in [-0.1, -0.05) is 46.4 Å². The molecule has 0 fully saturated rings. The summed E-state index contributed by atoms with van der Waals surface area (Å²) < 4.78 is 0. The predicted octanol–water partition coefficient (Wildman–Crippen LogP) is 4.99. The first kappa shape index (κ1) is 15.4. The molecule has 1 aromatic carbocycles. The molecule has 2 aromatic rings. The van der Waals surface area contributed by atoms with Crippen LogP contribution in [0.1, 0.15) is 5.56 Å². The van der Waals surface area contributed by atoms with Crippen LogP contribution in [0.3, 0.4) is 0 Å². The molecule has 0 unspecified atom stereocenters. The Morgan fingerprint density at radius 2 is 1.75 bits per heavy atom. The Balaban J connectivity index is 2.70. The third-order valence-electron chi connectivity index (χ3n) is 2.62. The number of carboxylic acid groups (broad SMARTS) is 1. The van der Waals surface area contributed by atoms with Gasteiger partial charge < -0.3 is 5.11 Å². The molecule has 0 spiro atoms. The van der Waals surface area contributed by atoms with Crippen molar-refractivity contribution in [2.75, 3.05) is 0 Å². The molecule has 0 aliphatic carbocycles. The molecule has 0 radical (unpaired) electrons. The monoisotopic (exact) mass is 349 g/mol. The summed E-state index contributed by atoms with van der Waals surface area (Å²) in [5.74, 6) is -1.01. The van der Waals surface area contributed by atoms with Crippen molar-refractivity contribution in [3.05, 3.63) is 50.2 Å². The smallest absolute Gasteiger partial charge is 0.307 e. The normalized spacial score (nSPS) is 10.6. The van der Waals surface area contributed by atoms with Crippen molar-refractivity contribution in [2.45, 2.75) is 6.42 Å². The summed E-state index contributed by atoms with van der Waals surface area (Å²) in [6.07, 6.45) is 2.61. The minimum absolute atomic E-state index is 0.247. The van der Waals surface area contributed by atoms with Crippen LogP contribution in [0.4, 0.5) is 0 Å². The van der Waals surface area contributed by atoms with Crippen LogP contribution in [0.15, 0.2) is 24.5 Å². The summed E-state index contributed by atoms with van der Waals surface area (Å²) in [7, 11) is 0. The molecule has 0 aliphatic heterocycles. The summed E-state index contributed by atoms with van der Waals surface area (Å²) >= 11 is 24.1. The number of pyridine rings is 1. The number of nitrogens with zero attached hydrogens (tertiary/aromatic N) is 1. The highest BCUT2D eigenvalue weighted by atomic mass is 35.5. The van der Waals surface area contributed by atoms with E-state index in [1.165, 1.54) is 18.5 Å². The second-order valence-corrected chi connectivity index (χ2v) is 5.60. The Bertz CT molecular complexity index is 688. The molecule has 0 amide bonds. The number of hydrogen-bond donors (Lipinski definition) is 1. The lowest BCUT2D eigenvalue weighted by Gasteiger charge is -2.12. The van der Waals surface area contributed by atoms with Gasteiger partial charge in [-0.05, 0) is 17.7 Å². The van der Waals surface area contributed by atoms with Crippen LogP contribution >= 0.6 is 46.4 Å². The summed E-state index contributed by atoms with van der Waals surface area (Å²) in [5, 5.41) is 10.2. The van der Waals surface area contributed by atoms with Crippen molar-refractivity contribution in [3.8, 4) is 11.1 Å². The molecule has 104 valence electrons. The summed E-state index contributed by atoms with van der Waals surface area (Å²) in [6, 6.07) is 3.10. The first-order valence-corrected chi connectivity index (χ1v) is 6.90. The third-order valence-corrected chi connectivity index (χ3v) is 3.96. The second kappa shape index (κ2) is 6.19. The molecule has 0 aliphatic rings. The van der Waals surface area contributed by atoms with E-state index in [9.17, 15) is 4.79 Å². The number of aliphatic carboxylic acids is 1. The highest BCUT2D eigenvalue weighted by Crippen LogP contribution is 2.39. The average molecular weight is 351 g/mol. The van der Waals surface area contributed by atoms with Gasteiger partial charge in [-0.2, -0.15) is 0 Å². The fraction of sp³-hybridized carbons (Fsp3) is 0.0769. The van der Waals surface area contributed by atoms with E-state index in [4.69, 9.17) is 51.5 Å². The molecule has 2 rings (SSSR count). The van der Waals surface area contributed by atoms with Crippen LogP contribution in [-0.4, -0.2) is 16.1 Å². The molecule has 20 heavy (non-hydrogen) atoms. The molecule has 7 heteroatoms. The van der Waals surface area contributed by atoms with Crippen LogP contribution < -0.4 is 0 Å². The van der Waals surface area contributed by atoms with Crippen LogP contribution in [-0.2, 0) is 11.2 Å². The van der Waals surface area contributed by atoms with E-state index in [2.05, 4.69) is 4.98 Å². The van der Waals surface area contributed by atoms with Gasteiger partial charge in [0.2, 0.25) is 0 Å². The van der Waals surface area contributed by atoms with E-state index >= 15 is 0 Å². The van der Waals surface area contributed by atoms with Crippen molar-refractivity contribution < 1.29 is 9.90 Å². The highest BCUT2D eigenvalue weighted by Gasteiger charge is 2.17. The number of benzene rings is 1. The van der Waals surface area contributed by atoms with E-state index in [0.29, 0.717) is 21.7 Å². The molecule has 1 N–H and O–H groups in total. The lowest BCUT2D eigenvalue weighted by Crippen LogP contribution is -2.03. The van der Waals surface area contributed by atoms with Gasteiger partial charge in [0, 0.05) is 28.5 Å². The summed E-state index contributed by atoms with van der Waals surface area (Å²) in [6.45, 7) is 0. The van der Waals surface area contributed by atoms with E-state index in [0.717, 1.165) is 0 Å². The Labute approximate surface area is 135 Å². The topological polar surface area (TPSA) is 50.2 Å². The standard InChI is InChI=1S/C13H7Cl4NO2/c14-6-1-8(13(17)10(15)2-6)9-4-18-5-11(16)7(9)3-12(19)20/h1-2,4-5H,3H2,(H,19,20). The molecular weight excluding hydrogens is 344 g/mol. The fourth-order valence-corrected chi connectivity index (χ4v) is 2.71. The van der Waals surface area contributed by atoms with E-state index < -0.39 is 5.97 Å². The molecule has 0 saturated carbocycles. The van der Waals surface area contributed by atoms with Crippen molar-refractivity contribution in [1.29, 1.82) is 0 Å². The lowest BCUT2D eigenvalue weighted by molar-refractivity contribution is -0.136.